The third-order valence-corrected chi connectivity index (χ3v) is 8.35. The van der Waals surface area contributed by atoms with Crippen molar-refractivity contribution in [2.75, 3.05) is 13.1 Å². The molecule has 0 bridgehead atoms. The van der Waals surface area contributed by atoms with Gasteiger partial charge in [0.2, 0.25) is 5.88 Å². The summed E-state index contributed by atoms with van der Waals surface area (Å²) in [6.45, 7) is 14.0. The molecule has 0 radical (unpaired) electrons. The molecule has 0 fully saturated rings. The molecule has 2 rings (SSSR count). The molecule has 2 aromatic rings. The number of nitrogens with two attached hydrogens (primary N) is 1. The Morgan fingerprint density at radius 2 is 1.42 bits per heavy atom. The average molecular weight is 596 g/mol. The number of hydrogen-bond acceptors (Lipinski definition) is 6. The van der Waals surface area contributed by atoms with E-state index in [1.165, 1.54) is 19.8 Å². The Morgan fingerprint density at radius 3 is 1.88 bits per heavy atom. The summed E-state index contributed by atoms with van der Waals surface area (Å²) in [5.74, 6) is -0.258. The number of amides is 2. The van der Waals surface area contributed by atoms with Crippen molar-refractivity contribution >= 4 is 23.2 Å². The number of benzene rings is 1. The highest BCUT2D eigenvalue weighted by atomic mass is 16.3. The molecule has 2 atom stereocenters. The zero-order chi connectivity index (χ0) is 31.9. The van der Waals surface area contributed by atoms with Crippen molar-refractivity contribution in [2.45, 2.75) is 112 Å². The van der Waals surface area contributed by atoms with E-state index in [1.54, 1.807) is 24.3 Å². The molecule has 0 aliphatic rings. The lowest BCUT2D eigenvalue weighted by Crippen LogP contribution is -2.39. The van der Waals surface area contributed by atoms with Crippen LogP contribution in [0.2, 0.25) is 0 Å². The van der Waals surface area contributed by atoms with Crippen molar-refractivity contribution in [2.24, 2.45) is 27.8 Å². The number of rotatable bonds is 19. The van der Waals surface area contributed by atoms with Gasteiger partial charge in [-0.1, -0.05) is 79.6 Å². The largest absolute Gasteiger partial charge is 0.493 e. The second-order valence-electron chi connectivity index (χ2n) is 11.6. The van der Waals surface area contributed by atoms with Crippen LogP contribution in [0.1, 0.15) is 125 Å². The Bertz CT molecular complexity index is 1250. The minimum absolute atomic E-state index is 0.0196. The van der Waals surface area contributed by atoms with Crippen molar-refractivity contribution in [3.05, 3.63) is 51.3 Å². The van der Waals surface area contributed by atoms with Gasteiger partial charge >= 0.3 is 0 Å². The molecule has 3 N–H and O–H groups in total. The quantitative estimate of drug-likeness (QED) is 0.159. The molecule has 0 spiro atoms. The molecule has 0 aliphatic heterocycles. The van der Waals surface area contributed by atoms with Gasteiger partial charge in [0, 0.05) is 30.8 Å². The van der Waals surface area contributed by atoms with Crippen LogP contribution in [-0.2, 0) is 6.54 Å². The van der Waals surface area contributed by atoms with Crippen molar-refractivity contribution in [3.63, 3.8) is 0 Å². The van der Waals surface area contributed by atoms with Crippen LogP contribution < -0.4 is 11.3 Å². The van der Waals surface area contributed by atoms with Gasteiger partial charge in [-0.2, -0.15) is 5.11 Å². The fourth-order valence-electron chi connectivity index (χ4n) is 5.40. The Hall–Kier alpha value is -3.49. The lowest BCUT2D eigenvalue weighted by Gasteiger charge is -2.31. The molecule has 1 heterocycles. The molecule has 43 heavy (non-hydrogen) atoms. The number of carbonyl (C=O) groups is 2. The lowest BCUT2D eigenvalue weighted by molar-refractivity contribution is 0.0684. The highest BCUT2D eigenvalue weighted by molar-refractivity contribution is 5.95. The Balaban J connectivity index is 2.37. The number of aromatic nitrogens is 1. The van der Waals surface area contributed by atoms with Gasteiger partial charge < -0.3 is 15.7 Å². The zero-order valence-electron chi connectivity index (χ0n) is 27.2. The fraction of sp³-hybridized carbons (Fsp3) is 0.618. The Kier molecular flexibility index (Phi) is 15.1. The summed E-state index contributed by atoms with van der Waals surface area (Å²) in [4.78, 5) is 40.7. The minimum Gasteiger partial charge on any atom is -0.493 e. The van der Waals surface area contributed by atoms with Gasteiger partial charge in [0.05, 0.1) is 5.69 Å². The van der Waals surface area contributed by atoms with Crippen molar-refractivity contribution in [1.82, 2.24) is 9.47 Å². The van der Waals surface area contributed by atoms with Crippen LogP contribution in [0, 0.1) is 18.8 Å². The van der Waals surface area contributed by atoms with E-state index in [1.807, 2.05) is 6.92 Å². The van der Waals surface area contributed by atoms with Gasteiger partial charge in [0.25, 0.3) is 17.4 Å². The molecule has 0 saturated heterocycles. The van der Waals surface area contributed by atoms with Gasteiger partial charge in [-0.3, -0.25) is 19.0 Å². The fourth-order valence-corrected chi connectivity index (χ4v) is 5.40. The summed E-state index contributed by atoms with van der Waals surface area (Å²) in [6, 6.07) is 6.94. The Morgan fingerprint density at radius 1 is 0.884 bits per heavy atom. The SMILES string of the molecule is CCCCC(CC)CN(CC(CC)CCCC)C(=O)c1ccc(/N=N/c2c(C)c(C(N)=O)c(=O)n(CCCC)c2O)cc1. The van der Waals surface area contributed by atoms with Crippen LogP contribution >= 0.6 is 0 Å². The van der Waals surface area contributed by atoms with E-state index in [-0.39, 0.29) is 35.1 Å². The molecule has 238 valence electrons. The first-order valence-electron chi connectivity index (χ1n) is 16.2. The summed E-state index contributed by atoms with van der Waals surface area (Å²) in [6.07, 6.45) is 10.4. The summed E-state index contributed by atoms with van der Waals surface area (Å²) in [5.41, 5.74) is 5.91. The number of pyridine rings is 1. The molecule has 9 heteroatoms. The maximum absolute atomic E-state index is 13.8. The van der Waals surface area contributed by atoms with E-state index < -0.39 is 11.5 Å². The van der Waals surface area contributed by atoms with E-state index in [0.717, 1.165) is 62.6 Å². The summed E-state index contributed by atoms with van der Waals surface area (Å²) < 4.78 is 1.12. The van der Waals surface area contributed by atoms with Crippen molar-refractivity contribution < 1.29 is 14.7 Å². The molecule has 0 aliphatic carbocycles. The highest BCUT2D eigenvalue weighted by Gasteiger charge is 2.24. The molecule has 9 nitrogen and oxygen atoms in total. The molecule has 0 saturated carbocycles. The van der Waals surface area contributed by atoms with E-state index in [0.29, 0.717) is 29.5 Å². The second-order valence-corrected chi connectivity index (χ2v) is 11.6. The molecular formula is C34H53N5O4. The van der Waals surface area contributed by atoms with Crippen molar-refractivity contribution in [1.29, 1.82) is 0 Å². The monoisotopic (exact) mass is 595 g/mol. The summed E-state index contributed by atoms with van der Waals surface area (Å²) in [5, 5.41) is 19.3. The van der Waals surface area contributed by atoms with Gasteiger partial charge in [-0.15, -0.1) is 5.11 Å². The second kappa shape index (κ2) is 18.2. The van der Waals surface area contributed by atoms with Crippen LogP contribution in [0.4, 0.5) is 11.4 Å². The predicted molar refractivity (Wildman–Crippen MR) is 174 cm³/mol. The van der Waals surface area contributed by atoms with Gasteiger partial charge in [-0.25, -0.2) is 0 Å². The molecular weight excluding hydrogens is 542 g/mol. The zero-order valence-corrected chi connectivity index (χ0v) is 27.2. The first-order chi connectivity index (χ1) is 20.6. The first kappa shape index (κ1) is 35.7. The Labute approximate surface area is 257 Å². The van der Waals surface area contributed by atoms with E-state index in [2.05, 4.69) is 42.8 Å². The first-order valence-corrected chi connectivity index (χ1v) is 16.2. The third-order valence-electron chi connectivity index (χ3n) is 8.35. The maximum Gasteiger partial charge on any atom is 0.266 e. The molecule has 2 unspecified atom stereocenters. The number of carbonyl (C=O) groups excluding carboxylic acids is 2. The molecule has 2 amide bonds. The number of azo groups is 1. The van der Waals surface area contributed by atoms with Crippen LogP contribution in [0.15, 0.2) is 39.3 Å². The number of nitrogens with zero attached hydrogens (tertiary/aromatic N) is 4. The smallest absolute Gasteiger partial charge is 0.266 e. The summed E-state index contributed by atoms with van der Waals surface area (Å²) >= 11 is 0. The van der Waals surface area contributed by atoms with E-state index in [9.17, 15) is 19.5 Å². The van der Waals surface area contributed by atoms with Gasteiger partial charge in [-0.05, 0) is 62.3 Å². The number of hydrogen-bond donors (Lipinski definition) is 2. The normalized spacial score (nSPS) is 12.9. The number of unbranched alkanes of at least 4 members (excludes halogenated alkanes) is 3. The molecule has 1 aromatic carbocycles. The van der Waals surface area contributed by atoms with Gasteiger partial charge in [0.15, 0.2) is 0 Å². The highest BCUT2D eigenvalue weighted by Crippen LogP contribution is 2.32. The van der Waals surface area contributed by atoms with Crippen LogP contribution in [0.3, 0.4) is 0 Å². The van der Waals surface area contributed by atoms with Crippen LogP contribution in [0.5, 0.6) is 5.88 Å². The van der Waals surface area contributed by atoms with Crippen LogP contribution in [0.25, 0.3) is 0 Å². The lowest BCUT2D eigenvalue weighted by atomic mass is 9.95. The minimum atomic E-state index is -0.878. The number of primary amides is 1. The standard InChI is InChI=1S/C34H53N5O4/c1-7-12-15-25(10-4)22-38(23-26(11-5)16-13-8-2)32(41)27-17-19-28(20-18-27)36-37-30-24(6)29(31(35)40)33(42)39(34(30)43)21-14-9-3/h17-20,25-26,43H,7-16,21-23H2,1-6H3,(H2,35,40)/b37-36+. The predicted octanol–water partition coefficient (Wildman–Crippen LogP) is 8.05. The third kappa shape index (κ3) is 10.0. The molecule has 1 aromatic heterocycles. The topological polar surface area (TPSA) is 130 Å². The van der Waals surface area contributed by atoms with E-state index >= 15 is 0 Å². The van der Waals surface area contributed by atoms with Gasteiger partial charge in [0.1, 0.15) is 11.3 Å². The number of aromatic hydroxyl groups is 1. The summed E-state index contributed by atoms with van der Waals surface area (Å²) in [7, 11) is 0. The van der Waals surface area contributed by atoms with Crippen molar-refractivity contribution in [3.8, 4) is 5.88 Å². The van der Waals surface area contributed by atoms with E-state index in [4.69, 9.17) is 5.73 Å². The average Bonchev–Trinajstić information content (AvgIpc) is 3.00. The maximum atomic E-state index is 13.8. The van der Waals surface area contributed by atoms with Crippen LogP contribution in [-0.4, -0.2) is 39.5 Å².